The summed E-state index contributed by atoms with van der Waals surface area (Å²) >= 11 is 0. The molecule has 0 radical (unpaired) electrons. The molecule has 0 bridgehead atoms. The molecule has 0 spiro atoms. The van der Waals surface area contributed by atoms with E-state index in [9.17, 15) is 14.4 Å². The molecule has 0 heterocycles. The molecule has 1 amide bonds. The summed E-state index contributed by atoms with van der Waals surface area (Å²) in [5, 5.41) is 0. The maximum Gasteiger partial charge on any atom is 0.440 e. The van der Waals surface area contributed by atoms with Crippen molar-refractivity contribution in [2.75, 3.05) is 6.61 Å². The Bertz CT molecular complexity index is 380. The molecule has 0 aromatic heterocycles. The first-order valence-corrected chi connectivity index (χ1v) is 5.65. The van der Waals surface area contributed by atoms with Crippen LogP contribution < -0.4 is 5.48 Å². The van der Waals surface area contributed by atoms with E-state index in [4.69, 9.17) is 0 Å². The van der Waals surface area contributed by atoms with Gasteiger partial charge in [-0.3, -0.25) is 4.79 Å². The number of hydroxylamine groups is 1. The third kappa shape index (κ3) is 5.86. The van der Waals surface area contributed by atoms with E-state index in [0.29, 0.717) is 6.42 Å². The molecule has 0 rings (SSSR count). The molecule has 6 nitrogen and oxygen atoms in total. The van der Waals surface area contributed by atoms with Gasteiger partial charge in [0.15, 0.2) is 5.78 Å². The highest BCUT2D eigenvalue weighted by Gasteiger charge is 2.20. The highest BCUT2D eigenvalue weighted by atomic mass is 16.7. The second kappa shape index (κ2) is 9.01. The van der Waals surface area contributed by atoms with E-state index < -0.39 is 12.1 Å². The molecule has 6 heteroatoms. The van der Waals surface area contributed by atoms with Crippen LogP contribution in [0.1, 0.15) is 33.6 Å². The summed E-state index contributed by atoms with van der Waals surface area (Å²) in [4.78, 5) is 38.4. The Morgan fingerprint density at radius 2 is 1.94 bits per heavy atom. The van der Waals surface area contributed by atoms with Crippen LogP contribution in [0.3, 0.4) is 0 Å². The predicted octanol–water partition coefficient (Wildman–Crippen LogP) is 1.66. The lowest BCUT2D eigenvalue weighted by molar-refractivity contribution is -0.146. The van der Waals surface area contributed by atoms with E-state index in [1.807, 2.05) is 6.92 Å². The molecule has 18 heavy (non-hydrogen) atoms. The van der Waals surface area contributed by atoms with Gasteiger partial charge in [-0.2, -0.15) is 0 Å². The second-order valence-electron chi connectivity index (χ2n) is 3.19. The zero-order valence-electron chi connectivity index (χ0n) is 10.7. The number of ketones is 1. The highest BCUT2D eigenvalue weighted by Crippen LogP contribution is 2.03. The van der Waals surface area contributed by atoms with Crippen LogP contribution in [0.15, 0.2) is 17.4 Å². The molecule has 1 N–H and O–H groups in total. The molecule has 0 aromatic carbocycles. The van der Waals surface area contributed by atoms with Gasteiger partial charge in [0.2, 0.25) is 0 Å². The number of Topliss-reactive ketones (excluding diaryl/α,β-unsaturated/α-hetero) is 1. The summed E-state index contributed by atoms with van der Waals surface area (Å²) in [5.74, 6) is -1.34. The van der Waals surface area contributed by atoms with E-state index in [1.165, 1.54) is 6.08 Å². The Hall–Kier alpha value is -2.07. The molecule has 0 saturated carbocycles. The molecule has 0 aliphatic carbocycles. The van der Waals surface area contributed by atoms with Crippen molar-refractivity contribution in [3.63, 3.8) is 0 Å². The van der Waals surface area contributed by atoms with Gasteiger partial charge in [-0.15, -0.1) is 11.2 Å². The van der Waals surface area contributed by atoms with Gasteiger partial charge in [0, 0.05) is 6.42 Å². The lowest BCUT2D eigenvalue weighted by Gasteiger charge is -2.06. The normalized spacial score (nSPS) is 8.83. The monoisotopic (exact) mass is 255 g/mol. The van der Waals surface area contributed by atoms with E-state index in [1.54, 1.807) is 19.3 Å². The minimum atomic E-state index is -0.959. The average molecular weight is 255 g/mol. The van der Waals surface area contributed by atoms with Gasteiger partial charge in [0.05, 0.1) is 6.61 Å². The van der Waals surface area contributed by atoms with Gasteiger partial charge in [-0.05, 0) is 26.3 Å². The second-order valence-corrected chi connectivity index (χ2v) is 3.19. The van der Waals surface area contributed by atoms with Crippen molar-refractivity contribution < 1.29 is 24.0 Å². The molecule has 0 aromatic rings. The Kier molecular flexibility index (Phi) is 7.98. The Balaban J connectivity index is 4.56. The van der Waals surface area contributed by atoms with Gasteiger partial charge < -0.3 is 9.57 Å². The van der Waals surface area contributed by atoms with Crippen molar-refractivity contribution in [2.45, 2.75) is 33.6 Å². The fourth-order valence-corrected chi connectivity index (χ4v) is 1.05. The van der Waals surface area contributed by atoms with Crippen molar-refractivity contribution in [1.82, 2.24) is 5.48 Å². The van der Waals surface area contributed by atoms with Gasteiger partial charge in [0.25, 0.3) is 0 Å². The van der Waals surface area contributed by atoms with Crippen LogP contribution in [0.4, 0.5) is 4.79 Å². The highest BCUT2D eigenvalue weighted by molar-refractivity contribution is 6.17. The van der Waals surface area contributed by atoms with E-state index >= 15 is 0 Å². The number of carbonyl (C=O) groups is 3. The number of nitrogens with one attached hydrogen (secondary N) is 1. The van der Waals surface area contributed by atoms with Crippen molar-refractivity contribution in [3.05, 3.63) is 17.4 Å². The van der Waals surface area contributed by atoms with E-state index in [0.717, 1.165) is 0 Å². The molecule has 0 unspecified atom stereocenters. The minimum absolute atomic E-state index is 0.149. The van der Waals surface area contributed by atoms with Crippen LogP contribution in [0, 0.1) is 0 Å². The lowest BCUT2D eigenvalue weighted by Crippen LogP contribution is -2.29. The molecule has 100 valence electrons. The summed E-state index contributed by atoms with van der Waals surface area (Å²) in [6.07, 6.45) is 1.35. The van der Waals surface area contributed by atoms with Crippen LogP contribution in [0.2, 0.25) is 0 Å². The summed E-state index contributed by atoms with van der Waals surface area (Å²) < 4.78 is 4.49. The maximum atomic E-state index is 11.6. The fraction of sp³-hybridized carbons (Fsp3) is 0.500. The number of amides is 1. The smallest absolute Gasteiger partial charge is 0.440 e. The average Bonchev–Trinajstić information content (AvgIpc) is 2.33. The van der Waals surface area contributed by atoms with Crippen LogP contribution in [0.25, 0.3) is 0 Å². The predicted molar refractivity (Wildman–Crippen MR) is 63.4 cm³/mol. The standard InChI is InChI=1S/C12H17NO5/c1-4-7-9(10(14)8-5-2)11(15)18-13-12(16)17-6-3/h4H,5-6,8H2,1-3H3,(H,13,16). The first-order valence-electron chi connectivity index (χ1n) is 5.65. The van der Waals surface area contributed by atoms with Gasteiger partial charge in [-0.1, -0.05) is 6.92 Å². The molecule has 0 fully saturated rings. The Morgan fingerprint density at radius 1 is 1.28 bits per heavy atom. The topological polar surface area (TPSA) is 81.7 Å². The zero-order valence-corrected chi connectivity index (χ0v) is 10.7. The summed E-state index contributed by atoms with van der Waals surface area (Å²) in [5.41, 5.74) is 4.05. The molecule has 0 aliphatic heterocycles. The molecular formula is C12H17NO5. The Morgan fingerprint density at radius 3 is 2.44 bits per heavy atom. The molecular weight excluding hydrogens is 238 g/mol. The fourth-order valence-electron chi connectivity index (χ4n) is 1.05. The lowest BCUT2D eigenvalue weighted by atomic mass is 10.1. The first kappa shape index (κ1) is 15.9. The van der Waals surface area contributed by atoms with Crippen LogP contribution in [-0.2, 0) is 19.2 Å². The first-order chi connectivity index (χ1) is 8.56. The van der Waals surface area contributed by atoms with Crippen molar-refractivity contribution in [2.24, 2.45) is 0 Å². The zero-order chi connectivity index (χ0) is 14.0. The Labute approximate surface area is 106 Å². The summed E-state index contributed by atoms with van der Waals surface area (Å²) in [6.45, 7) is 5.19. The van der Waals surface area contributed by atoms with Gasteiger partial charge >= 0.3 is 12.1 Å². The van der Waals surface area contributed by atoms with Crippen LogP contribution >= 0.6 is 0 Å². The number of ether oxygens (including phenoxy) is 1. The minimum Gasteiger partial charge on any atom is -0.448 e. The molecule has 0 saturated heterocycles. The third-order valence-electron chi connectivity index (χ3n) is 1.75. The van der Waals surface area contributed by atoms with Crippen molar-refractivity contribution >= 4 is 17.8 Å². The van der Waals surface area contributed by atoms with Gasteiger partial charge in [-0.25, -0.2) is 9.59 Å². The SMILES string of the molecule is CC=C=C(C(=O)CCC)C(=O)ONC(=O)OCC. The number of rotatable bonds is 5. The van der Waals surface area contributed by atoms with E-state index in [2.05, 4.69) is 15.3 Å². The summed E-state index contributed by atoms with van der Waals surface area (Å²) in [7, 11) is 0. The molecule has 0 atom stereocenters. The number of hydrogen-bond acceptors (Lipinski definition) is 5. The largest absolute Gasteiger partial charge is 0.448 e. The third-order valence-corrected chi connectivity index (χ3v) is 1.75. The summed E-state index contributed by atoms with van der Waals surface area (Å²) in [6, 6.07) is 0. The molecule has 0 aliphatic rings. The van der Waals surface area contributed by atoms with Gasteiger partial charge in [0.1, 0.15) is 5.57 Å². The maximum absolute atomic E-state index is 11.6. The number of carbonyl (C=O) groups excluding carboxylic acids is 3. The number of hydrogen-bond donors (Lipinski definition) is 1. The van der Waals surface area contributed by atoms with Crippen LogP contribution in [-0.4, -0.2) is 24.5 Å². The van der Waals surface area contributed by atoms with Crippen molar-refractivity contribution in [1.29, 1.82) is 0 Å². The van der Waals surface area contributed by atoms with E-state index in [-0.39, 0.29) is 24.4 Å². The van der Waals surface area contributed by atoms with Crippen molar-refractivity contribution in [3.8, 4) is 0 Å². The quantitative estimate of drug-likeness (QED) is 0.265. The van der Waals surface area contributed by atoms with Crippen LogP contribution in [0.5, 0.6) is 0 Å².